The van der Waals surface area contributed by atoms with Crippen LogP contribution in [0.5, 0.6) is 0 Å². The fourth-order valence-corrected chi connectivity index (χ4v) is 3.48. The number of morpholine rings is 1. The Morgan fingerprint density at radius 1 is 1.30 bits per heavy atom. The summed E-state index contributed by atoms with van der Waals surface area (Å²) in [6.45, 7) is 1.22. The molecule has 1 spiro atoms. The normalized spacial score (nSPS) is 20.5. The third kappa shape index (κ3) is 3.19. The average Bonchev–Trinajstić information content (AvgIpc) is 2.55. The molecule has 1 saturated carbocycles. The van der Waals surface area contributed by atoms with Gasteiger partial charge >= 0.3 is 0 Å². The molecule has 3 rings (SSSR count). The average molecular weight is 322 g/mol. The number of ether oxygens (including phenoxy) is 1. The number of amides is 1. The van der Waals surface area contributed by atoms with E-state index in [9.17, 15) is 19.3 Å². The van der Waals surface area contributed by atoms with E-state index < -0.39 is 16.6 Å². The summed E-state index contributed by atoms with van der Waals surface area (Å²) >= 11 is 0. The van der Waals surface area contributed by atoms with Crippen LogP contribution in [0.25, 0.3) is 0 Å². The lowest BCUT2D eigenvalue weighted by Gasteiger charge is -2.45. The highest BCUT2D eigenvalue weighted by molar-refractivity contribution is 5.95. The molecule has 1 amide bonds. The highest BCUT2D eigenvalue weighted by Gasteiger charge is 2.39. The van der Waals surface area contributed by atoms with Gasteiger partial charge in [0, 0.05) is 18.7 Å². The second kappa shape index (κ2) is 6.23. The number of halogens is 1. The Bertz CT molecular complexity index is 623. The van der Waals surface area contributed by atoms with Crippen molar-refractivity contribution in [3.05, 3.63) is 39.7 Å². The summed E-state index contributed by atoms with van der Waals surface area (Å²) in [6.07, 6.45) is 5.08. The molecule has 2 aliphatic rings. The fraction of sp³-hybridized carbons (Fsp3) is 0.562. The van der Waals surface area contributed by atoms with E-state index >= 15 is 0 Å². The number of carbonyl (C=O) groups excluding carboxylic acids is 1. The number of hydrogen-bond donors (Lipinski definition) is 0. The van der Waals surface area contributed by atoms with Gasteiger partial charge in [0.25, 0.3) is 11.6 Å². The summed E-state index contributed by atoms with van der Waals surface area (Å²) in [4.78, 5) is 24.4. The maximum Gasteiger partial charge on any atom is 0.270 e. The third-order valence-electron chi connectivity index (χ3n) is 4.69. The van der Waals surface area contributed by atoms with Gasteiger partial charge in [0.15, 0.2) is 0 Å². The van der Waals surface area contributed by atoms with Crippen LogP contribution < -0.4 is 0 Å². The van der Waals surface area contributed by atoms with Gasteiger partial charge in [0.05, 0.1) is 29.2 Å². The van der Waals surface area contributed by atoms with Gasteiger partial charge in [-0.15, -0.1) is 0 Å². The zero-order chi connectivity index (χ0) is 16.4. The minimum atomic E-state index is -0.732. The number of rotatable bonds is 2. The monoisotopic (exact) mass is 322 g/mol. The topological polar surface area (TPSA) is 72.7 Å². The quantitative estimate of drug-likeness (QED) is 0.620. The predicted molar refractivity (Wildman–Crippen MR) is 80.7 cm³/mol. The Labute approximate surface area is 133 Å². The van der Waals surface area contributed by atoms with Crippen LogP contribution in [0.2, 0.25) is 0 Å². The molecule has 6 nitrogen and oxygen atoms in total. The van der Waals surface area contributed by atoms with Crippen molar-refractivity contribution in [2.75, 3.05) is 19.7 Å². The van der Waals surface area contributed by atoms with Crippen molar-refractivity contribution in [2.45, 2.75) is 37.7 Å². The second-order valence-electron chi connectivity index (χ2n) is 6.24. The van der Waals surface area contributed by atoms with Crippen LogP contribution in [0, 0.1) is 15.9 Å². The van der Waals surface area contributed by atoms with E-state index in [1.54, 1.807) is 4.90 Å². The molecule has 1 heterocycles. The van der Waals surface area contributed by atoms with Crippen LogP contribution >= 0.6 is 0 Å². The van der Waals surface area contributed by atoms with Crippen LogP contribution in [-0.2, 0) is 4.74 Å². The lowest BCUT2D eigenvalue weighted by molar-refractivity contribution is -0.384. The van der Waals surface area contributed by atoms with E-state index in [1.807, 2.05) is 0 Å². The van der Waals surface area contributed by atoms with Crippen LogP contribution in [0.15, 0.2) is 18.2 Å². The van der Waals surface area contributed by atoms with Crippen molar-refractivity contribution >= 4 is 11.6 Å². The van der Waals surface area contributed by atoms with Crippen molar-refractivity contribution in [1.29, 1.82) is 0 Å². The maximum absolute atomic E-state index is 14.0. The summed E-state index contributed by atoms with van der Waals surface area (Å²) in [7, 11) is 0. The van der Waals surface area contributed by atoms with Gasteiger partial charge in [-0.25, -0.2) is 4.39 Å². The number of hydrogen-bond acceptors (Lipinski definition) is 4. The van der Waals surface area contributed by atoms with E-state index in [0.717, 1.165) is 43.9 Å². The van der Waals surface area contributed by atoms with Crippen LogP contribution in [0.4, 0.5) is 10.1 Å². The van der Waals surface area contributed by atoms with Crippen LogP contribution in [-0.4, -0.2) is 41.0 Å². The molecule has 0 radical (unpaired) electrons. The van der Waals surface area contributed by atoms with Gasteiger partial charge in [0.1, 0.15) is 5.82 Å². The van der Waals surface area contributed by atoms with Crippen molar-refractivity contribution in [2.24, 2.45) is 0 Å². The summed E-state index contributed by atoms with van der Waals surface area (Å²) < 4.78 is 19.9. The lowest BCUT2D eigenvalue weighted by atomic mass is 9.83. The molecule has 0 unspecified atom stereocenters. The van der Waals surface area contributed by atoms with E-state index in [0.29, 0.717) is 19.7 Å². The maximum atomic E-state index is 14.0. The zero-order valence-corrected chi connectivity index (χ0v) is 12.8. The number of nitro benzene ring substituents is 1. The Kier molecular flexibility index (Phi) is 4.30. The first kappa shape index (κ1) is 15.9. The smallest absolute Gasteiger partial charge is 0.270 e. The first-order valence-corrected chi connectivity index (χ1v) is 7.88. The van der Waals surface area contributed by atoms with Crippen LogP contribution in [0.1, 0.15) is 42.5 Å². The molecule has 1 aromatic carbocycles. The molecule has 7 heteroatoms. The molecule has 1 saturated heterocycles. The minimum absolute atomic E-state index is 0.243. The molecule has 1 aliphatic heterocycles. The van der Waals surface area contributed by atoms with E-state index in [4.69, 9.17) is 4.74 Å². The Morgan fingerprint density at radius 3 is 2.74 bits per heavy atom. The van der Waals surface area contributed by atoms with E-state index in [-0.39, 0.29) is 16.9 Å². The van der Waals surface area contributed by atoms with Gasteiger partial charge in [-0.1, -0.05) is 19.3 Å². The SMILES string of the molecule is O=C(c1cc([N+](=O)[O-])ccc1F)N1CCOC2(CCCCC2)C1. The Morgan fingerprint density at radius 2 is 2.04 bits per heavy atom. The summed E-state index contributed by atoms with van der Waals surface area (Å²) in [6, 6.07) is 3.05. The molecule has 1 aromatic rings. The molecule has 0 bridgehead atoms. The van der Waals surface area contributed by atoms with Gasteiger partial charge in [0.2, 0.25) is 0 Å². The van der Waals surface area contributed by atoms with Crippen molar-refractivity contribution in [3.63, 3.8) is 0 Å². The summed E-state index contributed by atoms with van der Waals surface area (Å²) in [5.74, 6) is -1.23. The Balaban J connectivity index is 1.82. The van der Waals surface area contributed by atoms with Crippen LogP contribution in [0.3, 0.4) is 0 Å². The molecular weight excluding hydrogens is 303 g/mol. The molecule has 0 aromatic heterocycles. The van der Waals surface area contributed by atoms with Gasteiger partial charge in [-0.2, -0.15) is 0 Å². The minimum Gasteiger partial charge on any atom is -0.371 e. The fourth-order valence-electron chi connectivity index (χ4n) is 3.48. The molecule has 0 atom stereocenters. The molecular formula is C16H19FN2O4. The van der Waals surface area contributed by atoms with Gasteiger partial charge < -0.3 is 9.64 Å². The lowest BCUT2D eigenvalue weighted by Crippen LogP contribution is -2.54. The first-order chi connectivity index (χ1) is 11.0. The van der Waals surface area contributed by atoms with E-state index in [2.05, 4.69) is 0 Å². The number of non-ortho nitro benzene ring substituents is 1. The highest BCUT2D eigenvalue weighted by Crippen LogP contribution is 2.35. The molecule has 1 aliphatic carbocycles. The van der Waals surface area contributed by atoms with Gasteiger partial charge in [-0.05, 0) is 18.9 Å². The van der Waals surface area contributed by atoms with Crippen molar-refractivity contribution in [3.8, 4) is 0 Å². The number of nitro groups is 1. The second-order valence-corrected chi connectivity index (χ2v) is 6.24. The largest absolute Gasteiger partial charge is 0.371 e. The highest BCUT2D eigenvalue weighted by atomic mass is 19.1. The molecule has 0 N–H and O–H groups in total. The third-order valence-corrected chi connectivity index (χ3v) is 4.69. The first-order valence-electron chi connectivity index (χ1n) is 7.88. The van der Waals surface area contributed by atoms with Crippen molar-refractivity contribution in [1.82, 2.24) is 4.90 Å². The number of carbonyl (C=O) groups is 1. The predicted octanol–water partition coefficient (Wildman–Crippen LogP) is 2.91. The standard InChI is InChI=1S/C16H19FN2O4/c17-14-5-4-12(19(21)22)10-13(14)15(20)18-8-9-23-16(11-18)6-2-1-3-7-16/h4-5,10H,1-3,6-9,11H2. The summed E-state index contributed by atoms with van der Waals surface area (Å²) in [5, 5.41) is 10.8. The molecule has 2 fully saturated rings. The number of benzene rings is 1. The van der Waals surface area contributed by atoms with Gasteiger partial charge in [-0.3, -0.25) is 14.9 Å². The van der Waals surface area contributed by atoms with E-state index in [1.165, 1.54) is 6.42 Å². The Hall–Kier alpha value is -2.02. The molecule has 23 heavy (non-hydrogen) atoms. The number of nitrogens with zero attached hydrogens (tertiary/aromatic N) is 2. The summed E-state index contributed by atoms with van der Waals surface area (Å²) in [5.41, 5.74) is -0.856. The van der Waals surface area contributed by atoms with Crippen molar-refractivity contribution < 1.29 is 18.8 Å². The molecule has 124 valence electrons. The zero-order valence-electron chi connectivity index (χ0n) is 12.8.